The monoisotopic (exact) mass is 225 g/mol. The van der Waals surface area contributed by atoms with Crippen molar-refractivity contribution in [1.29, 1.82) is 0 Å². The number of nitrogens with two attached hydrogens (primary N) is 1. The van der Waals surface area contributed by atoms with Crippen LogP contribution in [0.1, 0.15) is 30.4 Å². The van der Waals surface area contributed by atoms with E-state index in [1.807, 2.05) is 6.92 Å². The van der Waals surface area contributed by atoms with E-state index in [1.54, 1.807) is 18.2 Å². The summed E-state index contributed by atoms with van der Waals surface area (Å²) in [5.74, 6) is 0.238. The Morgan fingerprint density at radius 1 is 1.38 bits per heavy atom. The Balaban J connectivity index is 2.79. The van der Waals surface area contributed by atoms with E-state index in [-0.39, 0.29) is 24.8 Å². The summed E-state index contributed by atoms with van der Waals surface area (Å²) < 4.78 is 0. The van der Waals surface area contributed by atoms with E-state index in [0.717, 1.165) is 5.56 Å². The highest BCUT2D eigenvalue weighted by Crippen LogP contribution is 2.26. The van der Waals surface area contributed by atoms with Gasteiger partial charge < -0.3 is 21.1 Å². The van der Waals surface area contributed by atoms with E-state index in [1.165, 1.54) is 0 Å². The molecule has 0 saturated heterocycles. The fourth-order valence-electron chi connectivity index (χ4n) is 1.68. The topological polar surface area (TPSA) is 86.7 Å². The summed E-state index contributed by atoms with van der Waals surface area (Å²) >= 11 is 0. The average molecular weight is 225 g/mol. The highest BCUT2D eigenvalue weighted by molar-refractivity contribution is 5.36. The van der Waals surface area contributed by atoms with Crippen molar-refractivity contribution in [3.63, 3.8) is 0 Å². The van der Waals surface area contributed by atoms with Crippen LogP contribution >= 0.6 is 0 Å². The molecule has 0 amide bonds. The van der Waals surface area contributed by atoms with Crippen molar-refractivity contribution in [3.8, 4) is 5.75 Å². The summed E-state index contributed by atoms with van der Waals surface area (Å²) in [6.07, 6.45) is 0.0629. The van der Waals surface area contributed by atoms with Crippen LogP contribution in [0.2, 0.25) is 0 Å². The predicted octanol–water partition coefficient (Wildman–Crippen LogP) is 0.698. The summed E-state index contributed by atoms with van der Waals surface area (Å²) in [4.78, 5) is 0. The minimum atomic E-state index is -0.513. The van der Waals surface area contributed by atoms with Crippen molar-refractivity contribution in [2.24, 2.45) is 5.73 Å². The molecule has 0 fully saturated rings. The Morgan fingerprint density at radius 3 is 2.62 bits per heavy atom. The molecule has 0 aliphatic rings. The third-order valence-corrected chi connectivity index (χ3v) is 2.74. The van der Waals surface area contributed by atoms with E-state index < -0.39 is 6.10 Å². The summed E-state index contributed by atoms with van der Waals surface area (Å²) in [6.45, 7) is 2.04. The first-order valence-electron chi connectivity index (χ1n) is 5.39. The van der Waals surface area contributed by atoms with Gasteiger partial charge in [0.15, 0.2) is 0 Å². The standard InChI is InChI=1S/C12H19NO3/c1-8(4-11(15)6-13)9-2-3-12(16)10(5-9)7-14/h2-3,5,8,11,14-16H,4,6-7,13H2,1H3. The maximum Gasteiger partial charge on any atom is 0.121 e. The first-order valence-corrected chi connectivity index (χ1v) is 5.39. The van der Waals surface area contributed by atoms with E-state index in [9.17, 15) is 10.2 Å². The molecule has 4 nitrogen and oxygen atoms in total. The van der Waals surface area contributed by atoms with E-state index in [4.69, 9.17) is 10.8 Å². The van der Waals surface area contributed by atoms with Gasteiger partial charge in [0.25, 0.3) is 0 Å². The van der Waals surface area contributed by atoms with Crippen LogP contribution in [-0.4, -0.2) is 28.0 Å². The maximum absolute atomic E-state index is 9.45. The van der Waals surface area contributed by atoms with Crippen LogP contribution in [0, 0.1) is 0 Å². The minimum absolute atomic E-state index is 0.0952. The number of aromatic hydroxyl groups is 1. The van der Waals surface area contributed by atoms with Crippen LogP contribution in [0.4, 0.5) is 0 Å². The lowest BCUT2D eigenvalue weighted by Crippen LogP contribution is -2.21. The normalized spacial score (nSPS) is 14.8. The Labute approximate surface area is 95.3 Å². The molecule has 4 heteroatoms. The maximum atomic E-state index is 9.45. The molecule has 1 aromatic rings. The van der Waals surface area contributed by atoms with Crippen molar-refractivity contribution in [3.05, 3.63) is 29.3 Å². The molecule has 16 heavy (non-hydrogen) atoms. The van der Waals surface area contributed by atoms with Gasteiger partial charge in [-0.05, 0) is 30.0 Å². The quantitative estimate of drug-likeness (QED) is 0.594. The Morgan fingerprint density at radius 2 is 2.06 bits per heavy atom. The van der Waals surface area contributed by atoms with Crippen molar-refractivity contribution < 1.29 is 15.3 Å². The van der Waals surface area contributed by atoms with Crippen LogP contribution in [0.5, 0.6) is 5.75 Å². The highest BCUT2D eigenvalue weighted by Gasteiger charge is 2.12. The number of aliphatic hydroxyl groups is 2. The fourth-order valence-corrected chi connectivity index (χ4v) is 1.68. The van der Waals surface area contributed by atoms with Gasteiger partial charge >= 0.3 is 0 Å². The summed E-state index contributed by atoms with van der Waals surface area (Å²) in [5, 5.41) is 27.9. The molecule has 0 heterocycles. The first kappa shape index (κ1) is 13.0. The molecule has 0 aliphatic heterocycles. The Kier molecular flexibility index (Phi) is 4.73. The Hall–Kier alpha value is -1.10. The van der Waals surface area contributed by atoms with Crippen molar-refractivity contribution in [1.82, 2.24) is 0 Å². The van der Waals surface area contributed by atoms with Crippen LogP contribution in [-0.2, 0) is 6.61 Å². The second-order valence-corrected chi connectivity index (χ2v) is 4.07. The molecule has 2 atom stereocenters. The molecule has 1 aromatic carbocycles. The van der Waals surface area contributed by atoms with Gasteiger partial charge in [-0.15, -0.1) is 0 Å². The molecule has 0 spiro atoms. The second-order valence-electron chi connectivity index (χ2n) is 4.07. The van der Waals surface area contributed by atoms with Gasteiger partial charge in [0.2, 0.25) is 0 Å². The lowest BCUT2D eigenvalue weighted by atomic mass is 9.93. The van der Waals surface area contributed by atoms with Gasteiger partial charge in [-0.1, -0.05) is 13.0 Å². The van der Waals surface area contributed by atoms with E-state index in [0.29, 0.717) is 12.0 Å². The van der Waals surface area contributed by atoms with E-state index in [2.05, 4.69) is 0 Å². The Bertz CT molecular complexity index is 341. The van der Waals surface area contributed by atoms with Crippen LogP contribution in [0.3, 0.4) is 0 Å². The van der Waals surface area contributed by atoms with Gasteiger partial charge in [0.05, 0.1) is 12.7 Å². The molecule has 0 radical (unpaired) electrons. The lowest BCUT2D eigenvalue weighted by molar-refractivity contribution is 0.165. The smallest absolute Gasteiger partial charge is 0.121 e. The van der Waals surface area contributed by atoms with Gasteiger partial charge in [-0.3, -0.25) is 0 Å². The minimum Gasteiger partial charge on any atom is -0.508 e. The average Bonchev–Trinajstić information content (AvgIpc) is 2.29. The van der Waals surface area contributed by atoms with Gasteiger partial charge in [-0.2, -0.15) is 0 Å². The van der Waals surface area contributed by atoms with Gasteiger partial charge in [0, 0.05) is 12.1 Å². The molecule has 0 aromatic heterocycles. The van der Waals surface area contributed by atoms with Crippen LogP contribution in [0.25, 0.3) is 0 Å². The summed E-state index contributed by atoms with van der Waals surface area (Å²) in [6, 6.07) is 5.11. The zero-order valence-corrected chi connectivity index (χ0v) is 9.43. The third kappa shape index (κ3) is 3.20. The predicted molar refractivity (Wildman–Crippen MR) is 62.1 cm³/mol. The van der Waals surface area contributed by atoms with Crippen LogP contribution < -0.4 is 5.73 Å². The zero-order valence-electron chi connectivity index (χ0n) is 9.43. The van der Waals surface area contributed by atoms with Crippen molar-refractivity contribution in [2.45, 2.75) is 32.0 Å². The molecular formula is C12H19NO3. The molecule has 5 N–H and O–H groups in total. The number of hydrogen-bond donors (Lipinski definition) is 4. The molecule has 2 unspecified atom stereocenters. The van der Waals surface area contributed by atoms with Gasteiger partial charge in [0.1, 0.15) is 5.75 Å². The number of phenols is 1. The van der Waals surface area contributed by atoms with E-state index >= 15 is 0 Å². The number of benzene rings is 1. The summed E-state index contributed by atoms with van der Waals surface area (Å²) in [7, 11) is 0. The molecule has 0 aliphatic carbocycles. The van der Waals surface area contributed by atoms with Crippen LogP contribution in [0.15, 0.2) is 18.2 Å². The first-order chi connectivity index (χ1) is 7.58. The summed E-state index contributed by atoms with van der Waals surface area (Å²) in [5.41, 5.74) is 6.84. The molecular weight excluding hydrogens is 206 g/mol. The third-order valence-electron chi connectivity index (χ3n) is 2.74. The lowest BCUT2D eigenvalue weighted by Gasteiger charge is -2.16. The van der Waals surface area contributed by atoms with Crippen molar-refractivity contribution in [2.75, 3.05) is 6.54 Å². The molecule has 0 saturated carbocycles. The second kappa shape index (κ2) is 5.84. The molecule has 0 bridgehead atoms. The fraction of sp³-hybridized carbons (Fsp3) is 0.500. The number of hydrogen-bond acceptors (Lipinski definition) is 4. The molecule has 90 valence electrons. The largest absolute Gasteiger partial charge is 0.508 e. The van der Waals surface area contributed by atoms with Gasteiger partial charge in [-0.25, -0.2) is 0 Å². The highest BCUT2D eigenvalue weighted by atomic mass is 16.3. The molecule has 1 rings (SSSR count). The number of rotatable bonds is 5. The van der Waals surface area contributed by atoms with Crippen molar-refractivity contribution >= 4 is 0 Å². The zero-order chi connectivity index (χ0) is 12.1. The number of aliphatic hydroxyl groups excluding tert-OH is 2. The SMILES string of the molecule is CC(CC(O)CN)c1ccc(O)c(CO)c1.